The lowest BCUT2D eigenvalue weighted by atomic mass is 9.72. The minimum atomic E-state index is -0.993. The smallest absolute Gasteiger partial charge is 0.128 e. The van der Waals surface area contributed by atoms with Crippen LogP contribution in [0.15, 0.2) is 72.8 Å². The molecule has 2 heterocycles. The first-order chi connectivity index (χ1) is 22.3. The predicted molar refractivity (Wildman–Crippen MR) is 172 cm³/mol. The molecule has 5 atom stereocenters. The molecule has 0 fully saturated rings. The van der Waals surface area contributed by atoms with Gasteiger partial charge in [-0.1, -0.05) is 18.2 Å². The van der Waals surface area contributed by atoms with Gasteiger partial charge in [-0.15, -0.1) is 0 Å². The maximum absolute atomic E-state index is 12.0. The largest absolute Gasteiger partial charge is 0.508 e. The van der Waals surface area contributed by atoms with Crippen molar-refractivity contribution in [2.45, 2.75) is 37.6 Å². The van der Waals surface area contributed by atoms with Crippen molar-refractivity contribution < 1.29 is 44.1 Å². The van der Waals surface area contributed by atoms with Gasteiger partial charge in [-0.2, -0.15) is 0 Å². The van der Waals surface area contributed by atoms with Crippen LogP contribution in [-0.4, -0.2) is 61.1 Å². The first-order valence-electron chi connectivity index (χ1n) is 15.5. The van der Waals surface area contributed by atoms with Gasteiger partial charge >= 0.3 is 0 Å². The van der Waals surface area contributed by atoms with Gasteiger partial charge in [0, 0.05) is 48.7 Å². The minimum absolute atomic E-state index is 0.111. The zero-order valence-corrected chi connectivity index (χ0v) is 26.2. The van der Waals surface area contributed by atoms with Crippen molar-refractivity contribution in [1.82, 2.24) is 0 Å². The van der Waals surface area contributed by atoms with Crippen molar-refractivity contribution >= 4 is 0 Å². The van der Waals surface area contributed by atoms with Crippen molar-refractivity contribution in [3.8, 4) is 45.6 Å². The van der Waals surface area contributed by atoms with Crippen molar-refractivity contribution in [3.05, 3.63) is 95.1 Å². The molecule has 0 aliphatic carbocycles. The molecule has 4 aromatic rings. The van der Waals surface area contributed by atoms with E-state index in [9.17, 15) is 20.4 Å². The van der Waals surface area contributed by atoms with Crippen molar-refractivity contribution in [1.29, 1.82) is 0 Å². The lowest BCUT2D eigenvalue weighted by Crippen LogP contribution is -2.46. The average Bonchev–Trinajstić information content (AvgIpc) is 3.05. The maximum Gasteiger partial charge on any atom is 0.128 e. The first kappa shape index (κ1) is 31.5. The summed E-state index contributed by atoms with van der Waals surface area (Å²) in [5, 5.41) is 44.4. The summed E-state index contributed by atoms with van der Waals surface area (Å²) < 4.78 is 29.3. The van der Waals surface area contributed by atoms with Gasteiger partial charge in [0.25, 0.3) is 0 Å². The van der Waals surface area contributed by atoms with Gasteiger partial charge in [0.15, 0.2) is 0 Å². The third-order valence-corrected chi connectivity index (χ3v) is 9.11. The summed E-state index contributed by atoms with van der Waals surface area (Å²) >= 11 is 0. The fourth-order valence-electron chi connectivity index (χ4n) is 6.87. The number of rotatable bonds is 10. The van der Waals surface area contributed by atoms with Crippen LogP contribution in [0.25, 0.3) is 11.1 Å². The van der Waals surface area contributed by atoms with E-state index in [1.54, 1.807) is 69.9 Å². The lowest BCUT2D eigenvalue weighted by molar-refractivity contribution is -0.0889. The number of methoxy groups -OCH3 is 3. The molecule has 2 aliphatic rings. The minimum Gasteiger partial charge on any atom is -0.508 e. The molecule has 6 rings (SSSR count). The van der Waals surface area contributed by atoms with Crippen molar-refractivity contribution in [2.24, 2.45) is 11.8 Å². The Morgan fingerprint density at radius 2 is 1.57 bits per heavy atom. The van der Waals surface area contributed by atoms with E-state index >= 15 is 0 Å². The van der Waals surface area contributed by atoms with E-state index in [0.29, 0.717) is 53.6 Å². The van der Waals surface area contributed by atoms with E-state index in [2.05, 4.69) is 0 Å². The van der Waals surface area contributed by atoms with Crippen LogP contribution in [0.1, 0.15) is 47.3 Å². The highest BCUT2D eigenvalue weighted by atomic mass is 16.5. The predicted octanol–water partition coefficient (Wildman–Crippen LogP) is 5.95. The van der Waals surface area contributed by atoms with E-state index in [0.717, 1.165) is 28.7 Å². The van der Waals surface area contributed by atoms with E-state index in [1.807, 2.05) is 24.3 Å². The number of aromatic hydroxyl groups is 2. The Bertz CT molecular complexity index is 1690. The third-order valence-electron chi connectivity index (χ3n) is 9.11. The van der Waals surface area contributed by atoms with Gasteiger partial charge in [-0.25, -0.2) is 0 Å². The second kappa shape index (κ2) is 13.5. The van der Waals surface area contributed by atoms with Crippen LogP contribution in [0.5, 0.6) is 34.5 Å². The molecule has 4 N–H and O–H groups in total. The Kier molecular flexibility index (Phi) is 9.26. The lowest BCUT2D eigenvalue weighted by Gasteiger charge is -2.44. The quantitative estimate of drug-likeness (QED) is 0.158. The average molecular weight is 629 g/mol. The maximum atomic E-state index is 12.0. The summed E-state index contributed by atoms with van der Waals surface area (Å²) in [6.45, 7) is 0.697. The topological polar surface area (TPSA) is 127 Å². The van der Waals surface area contributed by atoms with Crippen molar-refractivity contribution in [3.63, 3.8) is 0 Å². The van der Waals surface area contributed by atoms with Gasteiger partial charge in [-0.05, 0) is 84.1 Å². The summed E-state index contributed by atoms with van der Waals surface area (Å²) in [4.78, 5) is 0. The third kappa shape index (κ3) is 6.18. The molecule has 0 aromatic heterocycles. The second-order valence-electron chi connectivity index (χ2n) is 11.9. The number of benzene rings is 4. The molecule has 2 aliphatic heterocycles. The second-order valence-corrected chi connectivity index (χ2v) is 11.9. The Hall–Kier alpha value is -4.44. The molecule has 9 heteroatoms. The number of phenolic OH excluding ortho intramolecular Hbond substituents is 2. The summed E-state index contributed by atoms with van der Waals surface area (Å²) in [6, 6.07) is 21.1. The van der Waals surface area contributed by atoms with Crippen LogP contribution in [0.3, 0.4) is 0 Å². The first-order valence-corrected chi connectivity index (χ1v) is 15.5. The molecule has 0 amide bonds. The number of fused-ring (bicyclic) bond motifs is 2. The van der Waals surface area contributed by atoms with Gasteiger partial charge in [0.05, 0.1) is 33.0 Å². The molecular formula is C37H40O9. The zero-order chi connectivity index (χ0) is 32.4. The zero-order valence-electron chi connectivity index (χ0n) is 26.2. The van der Waals surface area contributed by atoms with Crippen LogP contribution in [0, 0.1) is 11.8 Å². The molecule has 0 radical (unpaired) electrons. The number of phenols is 2. The fourth-order valence-corrected chi connectivity index (χ4v) is 6.87. The van der Waals surface area contributed by atoms with Crippen LogP contribution in [0.4, 0.5) is 0 Å². The van der Waals surface area contributed by atoms with E-state index in [-0.39, 0.29) is 18.1 Å². The molecule has 0 spiro atoms. The van der Waals surface area contributed by atoms with Gasteiger partial charge in [0.2, 0.25) is 0 Å². The van der Waals surface area contributed by atoms with E-state index in [4.69, 9.17) is 23.7 Å². The molecule has 46 heavy (non-hydrogen) atoms. The number of hydrogen-bond acceptors (Lipinski definition) is 9. The SMILES string of the molecule is COCCC[C@@H]1Oc2ccc(OC)cc2[C@H](O)[C@@H]1[C@@H]1COc2c(Cc3cc(O)ccc3-c3cccc(O)c3)cc(OC)cc2[C@H]1O. The highest BCUT2D eigenvalue weighted by Crippen LogP contribution is 2.51. The molecular weight excluding hydrogens is 588 g/mol. The Labute approximate surface area is 268 Å². The van der Waals surface area contributed by atoms with Crippen LogP contribution >= 0.6 is 0 Å². The summed E-state index contributed by atoms with van der Waals surface area (Å²) in [5.41, 5.74) is 4.39. The standard InChI is InChI=1S/C37H40O9/c1-42-13-5-8-33-34(36(41)29-18-26(43-2)10-12-32(29)46-33)31-20-45-37-23(17-27(44-3)19-30(37)35(31)40)14-22-16-25(39)9-11-28(22)21-6-4-7-24(38)15-21/h4,6-7,9-12,15-19,31,33-36,38-41H,5,8,13-14,20H2,1-3H3/t31-,33-,34+,35+,36-/m0/s1. The normalized spacial score (nSPS) is 21.8. The molecule has 0 saturated heterocycles. The number of aliphatic hydroxyl groups is 2. The van der Waals surface area contributed by atoms with Crippen LogP contribution < -0.4 is 18.9 Å². The van der Waals surface area contributed by atoms with Gasteiger partial charge < -0.3 is 44.1 Å². The Morgan fingerprint density at radius 1 is 0.783 bits per heavy atom. The summed E-state index contributed by atoms with van der Waals surface area (Å²) in [5.74, 6) is 1.55. The van der Waals surface area contributed by atoms with Gasteiger partial charge in [-0.3, -0.25) is 0 Å². The Balaban J connectivity index is 1.37. The van der Waals surface area contributed by atoms with Gasteiger partial charge in [0.1, 0.15) is 40.6 Å². The number of aliphatic hydroxyl groups excluding tert-OH is 2. The molecule has 242 valence electrons. The van der Waals surface area contributed by atoms with Crippen molar-refractivity contribution in [2.75, 3.05) is 34.5 Å². The highest BCUT2D eigenvalue weighted by molar-refractivity contribution is 5.70. The monoisotopic (exact) mass is 628 g/mol. The molecule has 0 bridgehead atoms. The van der Waals surface area contributed by atoms with Crippen LogP contribution in [-0.2, 0) is 11.2 Å². The molecule has 0 unspecified atom stereocenters. The Morgan fingerprint density at radius 3 is 2.33 bits per heavy atom. The molecule has 4 aromatic carbocycles. The molecule has 0 saturated carbocycles. The van der Waals surface area contributed by atoms with E-state index < -0.39 is 30.1 Å². The highest BCUT2D eigenvalue weighted by Gasteiger charge is 2.47. The fraction of sp³-hybridized carbons (Fsp3) is 0.351. The van der Waals surface area contributed by atoms with E-state index in [1.165, 1.54) is 0 Å². The number of ether oxygens (including phenoxy) is 5. The number of hydrogen-bond donors (Lipinski definition) is 4. The summed E-state index contributed by atoms with van der Waals surface area (Å²) in [6.07, 6.45) is -0.614. The van der Waals surface area contributed by atoms with Crippen LogP contribution in [0.2, 0.25) is 0 Å². The molecule has 9 nitrogen and oxygen atoms in total. The summed E-state index contributed by atoms with van der Waals surface area (Å²) in [7, 11) is 4.80.